The molecule has 0 saturated carbocycles. The van der Waals surface area contributed by atoms with Crippen LogP contribution in [-0.4, -0.2) is 33.1 Å². The maximum Gasteiger partial charge on any atom is 0.263 e. The quantitative estimate of drug-likeness (QED) is 0.155. The summed E-state index contributed by atoms with van der Waals surface area (Å²) in [5.41, 5.74) is 6.11. The predicted octanol–water partition coefficient (Wildman–Crippen LogP) is 7.53. The van der Waals surface area contributed by atoms with Crippen LogP contribution in [0.1, 0.15) is 43.7 Å². The Morgan fingerprint density at radius 2 is 1.60 bits per heavy atom. The Morgan fingerprint density at radius 1 is 0.915 bits per heavy atom. The fourth-order valence-electron chi connectivity index (χ4n) is 5.98. The van der Waals surface area contributed by atoms with Gasteiger partial charge in [0, 0.05) is 35.7 Å². The number of hydrogen-bond donors (Lipinski definition) is 0. The van der Waals surface area contributed by atoms with Crippen LogP contribution in [0.15, 0.2) is 86.6 Å². The van der Waals surface area contributed by atoms with Crippen LogP contribution in [0.25, 0.3) is 16.3 Å². The van der Waals surface area contributed by atoms with Crippen molar-refractivity contribution in [3.63, 3.8) is 0 Å². The van der Waals surface area contributed by atoms with Crippen LogP contribution >= 0.6 is 23.1 Å². The van der Waals surface area contributed by atoms with Crippen molar-refractivity contribution < 1.29 is 36.5 Å². The molecule has 0 amide bonds. The Morgan fingerprint density at radius 3 is 2.28 bits per heavy atom. The van der Waals surface area contributed by atoms with Gasteiger partial charge in [-0.3, -0.25) is 0 Å². The zero-order valence-electron chi connectivity index (χ0n) is 26.3. The number of allylic oxidation sites excluding steroid dienone is 4. The standard InChI is InChI=1S/C28H27N2O4S2.C7H8O3S/c1-3-29-19-11-21-23(33-15-31-21)13-25(19)35-27(29)9-17-6-5-7-18(8-17)10-28-30(4-2)20-12-22-24(34-16-32-22)14-26(20)36-28;1-6-2-4-7(5-3-6)11(8,9)10/h8-14H,3-7,15-16H2,1-2H3;2-5H,1H3,(H,8,9,10)/q+1;/p-1. The Balaban J connectivity index is 0.000000273. The van der Waals surface area contributed by atoms with Crippen molar-refractivity contribution in [2.45, 2.75) is 56.4 Å². The van der Waals surface area contributed by atoms with Gasteiger partial charge in [0.15, 0.2) is 23.0 Å². The smallest absolute Gasteiger partial charge is 0.263 e. The van der Waals surface area contributed by atoms with E-state index in [1.807, 2.05) is 30.0 Å². The number of thiazole rings is 1. The maximum absolute atomic E-state index is 10.4. The predicted molar refractivity (Wildman–Crippen MR) is 182 cm³/mol. The molecular weight excluding hydrogens is 657 g/mol. The van der Waals surface area contributed by atoms with Crippen molar-refractivity contribution in [3.8, 4) is 23.0 Å². The van der Waals surface area contributed by atoms with Crippen molar-refractivity contribution >= 4 is 55.2 Å². The molecule has 0 saturated heterocycles. The van der Waals surface area contributed by atoms with Crippen LogP contribution in [-0.2, 0) is 16.7 Å². The molecule has 0 unspecified atom stereocenters. The molecule has 1 aliphatic carbocycles. The van der Waals surface area contributed by atoms with Crippen LogP contribution in [0.5, 0.6) is 23.0 Å². The van der Waals surface area contributed by atoms with Crippen LogP contribution in [0, 0.1) is 6.92 Å². The second kappa shape index (κ2) is 12.9. The van der Waals surface area contributed by atoms with Crippen LogP contribution < -0.4 is 28.4 Å². The molecule has 4 aliphatic rings. The second-order valence-corrected chi connectivity index (χ2v) is 14.9. The summed E-state index contributed by atoms with van der Waals surface area (Å²) < 4.78 is 57.2. The van der Waals surface area contributed by atoms with E-state index in [0.717, 1.165) is 60.9 Å². The molecule has 244 valence electrons. The summed E-state index contributed by atoms with van der Waals surface area (Å²) in [5.74, 6) is 3.37. The molecule has 47 heavy (non-hydrogen) atoms. The first-order valence-corrected chi connectivity index (χ1v) is 18.5. The molecule has 8 rings (SSSR count). The monoisotopic (exact) mass is 690 g/mol. The summed E-state index contributed by atoms with van der Waals surface area (Å²) in [4.78, 5) is 3.43. The van der Waals surface area contributed by atoms with Gasteiger partial charge in [0.1, 0.15) is 21.4 Å². The molecule has 9 nitrogen and oxygen atoms in total. The lowest BCUT2D eigenvalue weighted by atomic mass is 9.95. The molecule has 0 bridgehead atoms. The van der Waals surface area contributed by atoms with Gasteiger partial charge in [-0.25, -0.2) is 8.42 Å². The fraction of sp³-hybridized carbons (Fsp3) is 0.286. The van der Waals surface area contributed by atoms with Crippen LogP contribution in [0.3, 0.4) is 0 Å². The van der Waals surface area contributed by atoms with Gasteiger partial charge in [0.05, 0.1) is 21.7 Å². The maximum atomic E-state index is 10.4. The van der Waals surface area contributed by atoms with E-state index in [9.17, 15) is 13.0 Å². The van der Waals surface area contributed by atoms with E-state index >= 15 is 0 Å². The SMILES string of the molecule is CCN1/C(=C/C2=CC(=C\c3sc4cc5c(cc4[n+]3CC)OCO5)/CCC2)Sc2cc3c(cc21)OCO3.Cc1ccc(S(=O)(=O)[O-])cc1. The number of thioether (sulfide) groups is 1. The minimum Gasteiger partial charge on any atom is -0.744 e. The van der Waals surface area contributed by atoms with Gasteiger partial charge in [-0.2, -0.15) is 4.57 Å². The van der Waals surface area contributed by atoms with E-state index in [2.05, 4.69) is 65.8 Å². The van der Waals surface area contributed by atoms with E-state index in [0.29, 0.717) is 13.6 Å². The van der Waals surface area contributed by atoms with E-state index in [1.54, 1.807) is 12.1 Å². The molecule has 0 fully saturated rings. The highest BCUT2D eigenvalue weighted by molar-refractivity contribution is 8.03. The van der Waals surface area contributed by atoms with Crippen molar-refractivity contribution in [1.29, 1.82) is 0 Å². The summed E-state index contributed by atoms with van der Waals surface area (Å²) in [5, 5.41) is 2.53. The zero-order valence-corrected chi connectivity index (χ0v) is 28.7. The molecule has 0 spiro atoms. The number of benzene rings is 3. The number of nitrogens with zero attached hydrogens (tertiary/aromatic N) is 2. The molecule has 3 aliphatic heterocycles. The molecule has 3 aromatic carbocycles. The normalized spacial score (nSPS) is 18.0. The number of fused-ring (bicyclic) bond motifs is 4. The first-order chi connectivity index (χ1) is 22.7. The average molecular weight is 691 g/mol. The lowest BCUT2D eigenvalue weighted by Crippen LogP contribution is -2.33. The van der Waals surface area contributed by atoms with Gasteiger partial charge in [0.2, 0.25) is 19.1 Å². The minimum atomic E-state index is -4.27. The van der Waals surface area contributed by atoms with E-state index in [-0.39, 0.29) is 4.90 Å². The lowest BCUT2D eigenvalue weighted by molar-refractivity contribution is -0.665. The average Bonchev–Trinajstić information content (AvgIpc) is 3.83. The van der Waals surface area contributed by atoms with Gasteiger partial charge in [-0.05, 0) is 69.4 Å². The first-order valence-electron chi connectivity index (χ1n) is 15.5. The molecule has 4 aromatic rings. The molecule has 4 heterocycles. The third-order valence-corrected chi connectivity index (χ3v) is 11.4. The molecule has 0 N–H and O–H groups in total. The largest absolute Gasteiger partial charge is 0.744 e. The fourth-order valence-corrected chi connectivity index (χ4v) is 8.87. The molecule has 1 aromatic heterocycles. The second-order valence-electron chi connectivity index (χ2n) is 11.4. The number of rotatable bonds is 5. The van der Waals surface area contributed by atoms with Crippen LogP contribution in [0.2, 0.25) is 0 Å². The highest BCUT2D eigenvalue weighted by Crippen LogP contribution is 2.51. The van der Waals surface area contributed by atoms with Gasteiger partial charge in [-0.1, -0.05) is 46.9 Å². The first kappa shape index (κ1) is 31.6. The van der Waals surface area contributed by atoms with Crippen molar-refractivity contribution in [3.05, 3.63) is 87.4 Å². The summed E-state index contributed by atoms with van der Waals surface area (Å²) in [6.07, 6.45) is 10.5. The zero-order chi connectivity index (χ0) is 32.7. The molecular formula is C35H34N2O7S3. The highest BCUT2D eigenvalue weighted by atomic mass is 32.2. The molecule has 0 radical (unpaired) electrons. The number of hydrogen-bond acceptors (Lipinski definition) is 10. The van der Waals surface area contributed by atoms with Gasteiger partial charge < -0.3 is 28.4 Å². The van der Waals surface area contributed by atoms with Crippen molar-refractivity contribution in [2.75, 3.05) is 25.0 Å². The minimum absolute atomic E-state index is 0.178. The summed E-state index contributed by atoms with van der Waals surface area (Å²) in [7, 11) is -4.27. The Hall–Kier alpha value is -3.97. The summed E-state index contributed by atoms with van der Waals surface area (Å²) in [6.45, 7) is 8.66. The molecule has 0 atom stereocenters. The Bertz CT molecular complexity index is 2060. The summed E-state index contributed by atoms with van der Waals surface area (Å²) in [6, 6.07) is 14.2. The Labute approximate surface area is 282 Å². The number of ether oxygens (including phenoxy) is 4. The number of aromatic nitrogens is 1. The van der Waals surface area contributed by atoms with Crippen molar-refractivity contribution in [2.24, 2.45) is 0 Å². The van der Waals surface area contributed by atoms with E-state index in [1.165, 1.54) is 54.1 Å². The van der Waals surface area contributed by atoms with Crippen molar-refractivity contribution in [1.82, 2.24) is 0 Å². The van der Waals surface area contributed by atoms with Gasteiger partial charge in [-0.15, -0.1) is 0 Å². The summed E-state index contributed by atoms with van der Waals surface area (Å²) >= 11 is 3.64. The topological polar surface area (TPSA) is 101 Å². The highest BCUT2D eigenvalue weighted by Gasteiger charge is 2.29. The number of aryl methyl sites for hydroxylation is 2. The van der Waals surface area contributed by atoms with E-state index in [4.69, 9.17) is 18.9 Å². The molecule has 12 heteroatoms. The third-order valence-electron chi connectivity index (χ3n) is 8.31. The van der Waals surface area contributed by atoms with E-state index < -0.39 is 10.1 Å². The number of anilines is 1. The van der Waals surface area contributed by atoms with Gasteiger partial charge >= 0.3 is 0 Å². The lowest BCUT2D eigenvalue weighted by Gasteiger charge is -2.20. The van der Waals surface area contributed by atoms with Crippen LogP contribution in [0.4, 0.5) is 5.69 Å². The van der Waals surface area contributed by atoms with Gasteiger partial charge in [0.25, 0.3) is 5.01 Å². The Kier molecular flexibility index (Phi) is 8.69. The third kappa shape index (κ3) is 6.47.